The van der Waals surface area contributed by atoms with E-state index in [1.807, 2.05) is 0 Å². The topological polar surface area (TPSA) is 42.0 Å². The summed E-state index contributed by atoms with van der Waals surface area (Å²) in [5.74, 6) is 1.43. The van der Waals surface area contributed by atoms with Crippen molar-refractivity contribution in [2.45, 2.75) is 19.4 Å². The Labute approximate surface area is 87.7 Å². The Hall–Kier alpha value is -1.89. The molecule has 0 aliphatic carbocycles. The van der Waals surface area contributed by atoms with Gasteiger partial charge in [-0.1, -0.05) is 5.92 Å². The van der Waals surface area contributed by atoms with Gasteiger partial charge in [0.05, 0.1) is 11.1 Å². The molecule has 78 valence electrons. The van der Waals surface area contributed by atoms with Gasteiger partial charge in [0.2, 0.25) is 5.95 Å². The highest BCUT2D eigenvalue weighted by atomic mass is 19.1. The van der Waals surface area contributed by atoms with E-state index in [2.05, 4.69) is 16.2 Å². The van der Waals surface area contributed by atoms with Gasteiger partial charge in [-0.15, -0.1) is 6.42 Å². The van der Waals surface area contributed by atoms with E-state index < -0.39 is 11.5 Å². The molecule has 0 unspecified atom stereocenters. The third kappa shape index (κ3) is 3.06. The van der Waals surface area contributed by atoms with E-state index in [1.165, 1.54) is 6.07 Å². The predicted molar refractivity (Wildman–Crippen MR) is 54.6 cm³/mol. The van der Waals surface area contributed by atoms with Crippen LogP contribution in [-0.2, 0) is 0 Å². The number of carbonyl (C=O) groups excluding carboxylic acids is 1. The third-order valence-electron chi connectivity index (χ3n) is 1.78. The van der Waals surface area contributed by atoms with Gasteiger partial charge in [0.1, 0.15) is 0 Å². The second-order valence-corrected chi connectivity index (χ2v) is 3.59. The second kappa shape index (κ2) is 4.09. The van der Waals surface area contributed by atoms with Crippen molar-refractivity contribution in [2.75, 3.05) is 0 Å². The molecule has 1 heterocycles. The fourth-order valence-electron chi connectivity index (χ4n) is 0.902. The maximum Gasteiger partial charge on any atom is 0.254 e. The molecule has 3 nitrogen and oxygen atoms in total. The number of hydrogen-bond acceptors (Lipinski definition) is 2. The molecular formula is C11H11FN2O. The minimum Gasteiger partial charge on any atom is -0.336 e. The van der Waals surface area contributed by atoms with Crippen LogP contribution in [0.1, 0.15) is 24.2 Å². The maximum atomic E-state index is 12.5. The molecule has 1 amide bonds. The first kappa shape index (κ1) is 11.2. The Morgan fingerprint density at radius 2 is 2.27 bits per heavy atom. The van der Waals surface area contributed by atoms with Gasteiger partial charge in [-0.2, -0.15) is 4.39 Å². The zero-order valence-corrected chi connectivity index (χ0v) is 8.54. The number of nitrogens with zero attached hydrogens (tertiary/aromatic N) is 1. The van der Waals surface area contributed by atoms with Gasteiger partial charge in [0.25, 0.3) is 5.91 Å². The molecule has 0 aliphatic heterocycles. The summed E-state index contributed by atoms with van der Waals surface area (Å²) < 4.78 is 12.5. The third-order valence-corrected chi connectivity index (χ3v) is 1.78. The lowest BCUT2D eigenvalue weighted by Gasteiger charge is -2.19. The lowest BCUT2D eigenvalue weighted by atomic mass is 10.1. The summed E-state index contributed by atoms with van der Waals surface area (Å²) in [5, 5.41) is 2.60. The number of terminal acetylenes is 1. The Bertz CT molecular complexity index is 404. The van der Waals surface area contributed by atoms with Gasteiger partial charge in [0.15, 0.2) is 0 Å². The second-order valence-electron chi connectivity index (χ2n) is 3.59. The van der Waals surface area contributed by atoms with Crippen LogP contribution in [0.25, 0.3) is 0 Å². The van der Waals surface area contributed by atoms with Crippen LogP contribution in [0, 0.1) is 18.3 Å². The van der Waals surface area contributed by atoms with Crippen molar-refractivity contribution < 1.29 is 9.18 Å². The molecule has 0 aliphatic rings. The van der Waals surface area contributed by atoms with Crippen LogP contribution in [0.2, 0.25) is 0 Å². The van der Waals surface area contributed by atoms with Crippen molar-refractivity contribution in [1.82, 2.24) is 10.3 Å². The van der Waals surface area contributed by atoms with Crippen LogP contribution in [0.4, 0.5) is 4.39 Å². The van der Waals surface area contributed by atoms with E-state index in [0.717, 1.165) is 12.3 Å². The minimum atomic E-state index is -0.731. The molecular weight excluding hydrogens is 195 g/mol. The average Bonchev–Trinajstić information content (AvgIpc) is 2.18. The van der Waals surface area contributed by atoms with Crippen LogP contribution in [0.5, 0.6) is 0 Å². The van der Waals surface area contributed by atoms with Crippen molar-refractivity contribution >= 4 is 5.91 Å². The summed E-state index contributed by atoms with van der Waals surface area (Å²) in [5.41, 5.74) is -0.453. The fraction of sp³-hybridized carbons (Fsp3) is 0.273. The van der Waals surface area contributed by atoms with Gasteiger partial charge in [-0.3, -0.25) is 4.79 Å². The zero-order chi connectivity index (χ0) is 11.5. The Morgan fingerprint density at radius 1 is 1.60 bits per heavy atom. The molecule has 0 atom stereocenters. The van der Waals surface area contributed by atoms with Gasteiger partial charge in [-0.25, -0.2) is 4.98 Å². The number of amides is 1. The van der Waals surface area contributed by atoms with E-state index in [1.54, 1.807) is 13.8 Å². The number of rotatable bonds is 2. The Kier molecular flexibility index (Phi) is 3.05. The van der Waals surface area contributed by atoms with E-state index in [-0.39, 0.29) is 11.5 Å². The minimum absolute atomic E-state index is 0.278. The van der Waals surface area contributed by atoms with Crippen LogP contribution < -0.4 is 5.32 Å². The van der Waals surface area contributed by atoms with Crippen molar-refractivity contribution in [1.29, 1.82) is 0 Å². The van der Waals surface area contributed by atoms with E-state index >= 15 is 0 Å². The van der Waals surface area contributed by atoms with Crippen LogP contribution in [-0.4, -0.2) is 16.4 Å². The number of aromatic nitrogens is 1. The summed E-state index contributed by atoms with van der Waals surface area (Å²) >= 11 is 0. The zero-order valence-electron chi connectivity index (χ0n) is 8.54. The SMILES string of the molecule is C#CC(C)(C)NC(=O)c1ccc(F)nc1. The first-order valence-electron chi connectivity index (χ1n) is 4.36. The monoisotopic (exact) mass is 206 g/mol. The summed E-state index contributed by atoms with van der Waals surface area (Å²) in [7, 11) is 0. The molecule has 4 heteroatoms. The first-order chi connectivity index (χ1) is 6.94. The summed E-state index contributed by atoms with van der Waals surface area (Å²) in [6.07, 6.45) is 6.38. The van der Waals surface area contributed by atoms with E-state index in [4.69, 9.17) is 6.42 Å². The van der Waals surface area contributed by atoms with E-state index in [9.17, 15) is 9.18 Å². The molecule has 0 bridgehead atoms. The van der Waals surface area contributed by atoms with Crippen molar-refractivity contribution in [3.8, 4) is 12.3 Å². The molecule has 0 saturated heterocycles. The number of pyridine rings is 1. The number of carbonyl (C=O) groups is 1. The highest BCUT2D eigenvalue weighted by molar-refractivity contribution is 5.94. The normalized spacial score (nSPS) is 10.5. The van der Waals surface area contributed by atoms with E-state index in [0.29, 0.717) is 0 Å². The van der Waals surface area contributed by atoms with Crippen LogP contribution in [0.15, 0.2) is 18.3 Å². The van der Waals surface area contributed by atoms with Crippen LogP contribution in [0.3, 0.4) is 0 Å². The largest absolute Gasteiger partial charge is 0.336 e. The van der Waals surface area contributed by atoms with Gasteiger partial charge in [-0.05, 0) is 26.0 Å². The molecule has 1 N–H and O–H groups in total. The maximum absolute atomic E-state index is 12.5. The molecule has 0 saturated carbocycles. The number of hydrogen-bond donors (Lipinski definition) is 1. The summed E-state index contributed by atoms with van der Waals surface area (Å²) in [4.78, 5) is 14.9. The van der Waals surface area contributed by atoms with Crippen molar-refractivity contribution in [3.63, 3.8) is 0 Å². The molecule has 0 spiro atoms. The highest BCUT2D eigenvalue weighted by Crippen LogP contribution is 2.04. The van der Waals surface area contributed by atoms with Gasteiger partial charge in [0, 0.05) is 6.20 Å². The Balaban J connectivity index is 2.79. The quantitative estimate of drug-likeness (QED) is 0.586. The average molecular weight is 206 g/mol. The summed E-state index contributed by atoms with van der Waals surface area (Å²) in [6.45, 7) is 3.39. The van der Waals surface area contributed by atoms with Crippen LogP contribution >= 0.6 is 0 Å². The molecule has 1 aromatic heterocycles. The predicted octanol–water partition coefficient (Wildman–Crippen LogP) is 1.36. The molecule has 0 radical (unpaired) electrons. The van der Waals surface area contributed by atoms with Gasteiger partial charge >= 0.3 is 0 Å². The molecule has 1 aromatic rings. The molecule has 15 heavy (non-hydrogen) atoms. The lowest BCUT2D eigenvalue weighted by molar-refractivity contribution is 0.0929. The number of halogens is 1. The highest BCUT2D eigenvalue weighted by Gasteiger charge is 2.18. The standard InChI is InChI=1S/C11H11FN2O/c1-4-11(2,3)14-10(15)8-5-6-9(12)13-7-8/h1,5-7H,2-3H3,(H,14,15). The number of nitrogens with one attached hydrogen (secondary N) is 1. The van der Waals surface area contributed by atoms with Gasteiger partial charge < -0.3 is 5.32 Å². The molecule has 0 aromatic carbocycles. The van der Waals surface area contributed by atoms with Crippen molar-refractivity contribution in [2.24, 2.45) is 0 Å². The molecule has 0 fully saturated rings. The Morgan fingerprint density at radius 3 is 2.73 bits per heavy atom. The first-order valence-corrected chi connectivity index (χ1v) is 4.36. The molecule has 1 rings (SSSR count). The fourth-order valence-corrected chi connectivity index (χ4v) is 0.902. The summed E-state index contributed by atoms with van der Waals surface area (Å²) in [6, 6.07) is 2.47. The smallest absolute Gasteiger partial charge is 0.254 e. The lowest BCUT2D eigenvalue weighted by Crippen LogP contribution is -2.42. The van der Waals surface area contributed by atoms with Crippen molar-refractivity contribution in [3.05, 3.63) is 29.8 Å².